The average Bonchev–Trinajstić information content (AvgIpc) is 3.03. The summed E-state index contributed by atoms with van der Waals surface area (Å²) in [5.41, 5.74) is 0. The van der Waals surface area contributed by atoms with E-state index in [1.165, 1.54) is 25.7 Å². The summed E-state index contributed by atoms with van der Waals surface area (Å²) < 4.78 is 0. The predicted octanol–water partition coefficient (Wildman–Crippen LogP) is 2.78. The molecule has 3 rings (SSSR count). The highest BCUT2D eigenvalue weighted by atomic mass is 16.2. The van der Waals surface area contributed by atoms with Crippen LogP contribution < -0.4 is 0 Å². The van der Waals surface area contributed by atoms with E-state index in [0.29, 0.717) is 18.2 Å². The van der Waals surface area contributed by atoms with Crippen LogP contribution in [0, 0.1) is 17.8 Å². The molecular formula is C16H25NO2. The minimum Gasteiger partial charge on any atom is -0.339 e. The van der Waals surface area contributed by atoms with E-state index in [4.69, 9.17) is 0 Å². The molecule has 1 saturated heterocycles. The van der Waals surface area contributed by atoms with Gasteiger partial charge in [0.1, 0.15) is 5.78 Å². The number of rotatable bonds is 4. The van der Waals surface area contributed by atoms with E-state index in [-0.39, 0.29) is 11.8 Å². The van der Waals surface area contributed by atoms with E-state index in [2.05, 4.69) is 0 Å². The van der Waals surface area contributed by atoms with Crippen molar-refractivity contribution < 1.29 is 9.59 Å². The molecule has 1 aliphatic heterocycles. The minimum absolute atomic E-state index is 0.198. The molecule has 19 heavy (non-hydrogen) atoms. The number of carbonyl (C=O) groups excluding carboxylic acids is 2. The summed E-state index contributed by atoms with van der Waals surface area (Å²) in [6.45, 7) is 2.51. The molecule has 2 bridgehead atoms. The van der Waals surface area contributed by atoms with Gasteiger partial charge >= 0.3 is 0 Å². The fourth-order valence-corrected chi connectivity index (χ4v) is 4.68. The third kappa shape index (κ3) is 2.70. The Bertz CT molecular complexity index is 379. The fraction of sp³-hybridized carbons (Fsp3) is 0.875. The fourth-order valence-electron chi connectivity index (χ4n) is 4.68. The second kappa shape index (κ2) is 5.26. The van der Waals surface area contributed by atoms with Gasteiger partial charge in [-0.1, -0.05) is 6.42 Å². The normalized spacial score (nSPS) is 37.0. The molecule has 1 amide bonds. The van der Waals surface area contributed by atoms with Crippen LogP contribution in [-0.4, -0.2) is 29.2 Å². The highest BCUT2D eigenvalue weighted by Crippen LogP contribution is 2.49. The van der Waals surface area contributed by atoms with Crippen LogP contribution >= 0.6 is 0 Å². The molecule has 0 radical (unpaired) electrons. The van der Waals surface area contributed by atoms with Crippen LogP contribution in [0.25, 0.3) is 0 Å². The largest absolute Gasteiger partial charge is 0.339 e. The van der Waals surface area contributed by atoms with Crippen LogP contribution in [0.4, 0.5) is 0 Å². The van der Waals surface area contributed by atoms with Gasteiger partial charge in [0, 0.05) is 25.4 Å². The van der Waals surface area contributed by atoms with E-state index in [1.807, 2.05) is 4.90 Å². The van der Waals surface area contributed by atoms with E-state index in [9.17, 15) is 9.59 Å². The Balaban J connectivity index is 1.56. The summed E-state index contributed by atoms with van der Waals surface area (Å²) in [7, 11) is 0. The standard InChI is InChI=1S/C16H25NO2/c1-11(18)7-15-3-2-6-17(15)16(19)10-14-9-12-4-5-13(14)8-12/h12-15H,2-10H2,1H3. The molecule has 4 unspecified atom stereocenters. The number of fused-ring (bicyclic) bond motifs is 2. The number of amides is 1. The summed E-state index contributed by atoms with van der Waals surface area (Å²) in [5.74, 6) is 2.91. The maximum atomic E-state index is 12.5. The van der Waals surface area contributed by atoms with Crippen LogP contribution in [0.3, 0.4) is 0 Å². The van der Waals surface area contributed by atoms with Crippen molar-refractivity contribution in [1.29, 1.82) is 0 Å². The van der Waals surface area contributed by atoms with Gasteiger partial charge in [-0.2, -0.15) is 0 Å². The average molecular weight is 263 g/mol. The number of likely N-dealkylation sites (tertiary alicyclic amines) is 1. The molecular weight excluding hydrogens is 238 g/mol. The maximum absolute atomic E-state index is 12.5. The Kier molecular flexibility index (Phi) is 3.64. The molecule has 0 N–H and O–H groups in total. The lowest BCUT2D eigenvalue weighted by molar-refractivity contribution is -0.134. The van der Waals surface area contributed by atoms with Crippen LogP contribution in [-0.2, 0) is 9.59 Å². The number of Topliss-reactive ketones (excluding diaryl/α,β-unsaturated/α-hetero) is 1. The van der Waals surface area contributed by atoms with Crippen molar-refractivity contribution in [3.05, 3.63) is 0 Å². The number of ketones is 1. The van der Waals surface area contributed by atoms with Crippen molar-refractivity contribution in [2.24, 2.45) is 17.8 Å². The zero-order valence-electron chi connectivity index (χ0n) is 11.9. The molecule has 0 aromatic carbocycles. The number of hydrogen-bond acceptors (Lipinski definition) is 2. The predicted molar refractivity (Wildman–Crippen MR) is 73.6 cm³/mol. The lowest BCUT2D eigenvalue weighted by atomic mass is 9.86. The van der Waals surface area contributed by atoms with Crippen molar-refractivity contribution in [3.63, 3.8) is 0 Å². The highest BCUT2D eigenvalue weighted by molar-refractivity contribution is 5.80. The van der Waals surface area contributed by atoms with E-state index >= 15 is 0 Å². The van der Waals surface area contributed by atoms with Gasteiger partial charge in [-0.05, 0) is 56.8 Å². The van der Waals surface area contributed by atoms with Crippen LogP contribution in [0.1, 0.15) is 58.3 Å². The Morgan fingerprint density at radius 2 is 1.95 bits per heavy atom. The molecule has 2 saturated carbocycles. The van der Waals surface area contributed by atoms with Crippen molar-refractivity contribution in [3.8, 4) is 0 Å². The molecule has 2 aliphatic carbocycles. The van der Waals surface area contributed by atoms with Crippen LogP contribution in [0.2, 0.25) is 0 Å². The van der Waals surface area contributed by atoms with Crippen molar-refractivity contribution in [1.82, 2.24) is 4.90 Å². The summed E-state index contributed by atoms with van der Waals surface area (Å²) >= 11 is 0. The molecule has 3 fully saturated rings. The SMILES string of the molecule is CC(=O)CC1CCCN1C(=O)CC1CC2CCC1C2. The number of hydrogen-bond donors (Lipinski definition) is 0. The molecule has 106 valence electrons. The summed E-state index contributed by atoms with van der Waals surface area (Å²) in [4.78, 5) is 25.8. The van der Waals surface area contributed by atoms with Gasteiger partial charge in [-0.3, -0.25) is 9.59 Å². The molecule has 4 atom stereocenters. The Morgan fingerprint density at radius 3 is 2.58 bits per heavy atom. The molecule has 0 aromatic rings. The molecule has 3 nitrogen and oxygen atoms in total. The third-order valence-corrected chi connectivity index (χ3v) is 5.54. The maximum Gasteiger partial charge on any atom is 0.223 e. The summed E-state index contributed by atoms with van der Waals surface area (Å²) in [5, 5.41) is 0. The number of nitrogens with zero attached hydrogens (tertiary/aromatic N) is 1. The highest BCUT2D eigenvalue weighted by Gasteiger charge is 2.41. The Hall–Kier alpha value is -0.860. The first-order valence-corrected chi connectivity index (χ1v) is 7.92. The summed E-state index contributed by atoms with van der Waals surface area (Å²) in [6.07, 6.45) is 8.78. The van der Waals surface area contributed by atoms with Crippen molar-refractivity contribution >= 4 is 11.7 Å². The lowest BCUT2D eigenvalue weighted by Crippen LogP contribution is -2.38. The Labute approximate surface area is 115 Å². The van der Waals surface area contributed by atoms with Gasteiger partial charge in [0.25, 0.3) is 0 Å². The first-order chi connectivity index (χ1) is 9.13. The second-order valence-corrected chi connectivity index (χ2v) is 6.93. The zero-order chi connectivity index (χ0) is 13.4. The van der Waals surface area contributed by atoms with Gasteiger partial charge < -0.3 is 4.90 Å². The van der Waals surface area contributed by atoms with Crippen LogP contribution in [0.15, 0.2) is 0 Å². The summed E-state index contributed by atoms with van der Waals surface area (Å²) in [6, 6.07) is 0.198. The van der Waals surface area contributed by atoms with E-state index < -0.39 is 0 Å². The zero-order valence-corrected chi connectivity index (χ0v) is 11.9. The molecule has 0 aromatic heterocycles. The minimum atomic E-state index is 0.198. The molecule has 0 spiro atoms. The van der Waals surface area contributed by atoms with Gasteiger partial charge in [0.05, 0.1) is 0 Å². The monoisotopic (exact) mass is 263 g/mol. The van der Waals surface area contributed by atoms with E-state index in [0.717, 1.165) is 37.6 Å². The van der Waals surface area contributed by atoms with Gasteiger partial charge in [-0.25, -0.2) is 0 Å². The first-order valence-electron chi connectivity index (χ1n) is 7.92. The van der Waals surface area contributed by atoms with E-state index in [1.54, 1.807) is 6.92 Å². The second-order valence-electron chi connectivity index (χ2n) is 6.93. The van der Waals surface area contributed by atoms with Crippen LogP contribution in [0.5, 0.6) is 0 Å². The molecule has 3 aliphatic rings. The quantitative estimate of drug-likeness (QED) is 0.782. The topological polar surface area (TPSA) is 37.4 Å². The van der Waals surface area contributed by atoms with Gasteiger partial charge in [0.2, 0.25) is 5.91 Å². The van der Waals surface area contributed by atoms with Crippen molar-refractivity contribution in [2.75, 3.05) is 6.54 Å². The molecule has 3 heteroatoms. The van der Waals surface area contributed by atoms with Crippen molar-refractivity contribution in [2.45, 2.75) is 64.3 Å². The van der Waals surface area contributed by atoms with Gasteiger partial charge in [0.15, 0.2) is 0 Å². The third-order valence-electron chi connectivity index (χ3n) is 5.54. The van der Waals surface area contributed by atoms with Gasteiger partial charge in [-0.15, -0.1) is 0 Å². The number of carbonyl (C=O) groups is 2. The first kappa shape index (κ1) is 13.1. The lowest BCUT2D eigenvalue weighted by Gasteiger charge is -2.28. The Morgan fingerprint density at radius 1 is 1.11 bits per heavy atom. The molecule has 1 heterocycles. The smallest absolute Gasteiger partial charge is 0.223 e.